The minimum absolute atomic E-state index is 0.00566. The highest BCUT2D eigenvalue weighted by molar-refractivity contribution is 6.31. The fourth-order valence-corrected chi connectivity index (χ4v) is 3.15. The number of carbonyl (C=O) groups is 1. The molecule has 0 unspecified atom stereocenters. The number of carboxylic acid groups (broad SMARTS) is 1. The Bertz CT molecular complexity index is 793. The highest BCUT2D eigenvalue weighted by Crippen LogP contribution is 2.29. The van der Waals surface area contributed by atoms with Crippen LogP contribution in [0.5, 0.6) is 5.75 Å². The summed E-state index contributed by atoms with van der Waals surface area (Å²) in [7, 11) is 0. The molecule has 2 N–H and O–H groups in total. The van der Waals surface area contributed by atoms with Gasteiger partial charge in [0.25, 0.3) is 0 Å². The molecule has 118 valence electrons. The van der Waals surface area contributed by atoms with Gasteiger partial charge in [0.2, 0.25) is 0 Å². The number of phenolic OH excluding ortho intramolecular Hbond substituents is 1. The predicted molar refractivity (Wildman–Crippen MR) is 91.7 cm³/mol. The summed E-state index contributed by atoms with van der Waals surface area (Å²) in [6, 6.07) is 10.4. The maximum absolute atomic E-state index is 11.7. The van der Waals surface area contributed by atoms with Gasteiger partial charge in [-0.05, 0) is 66.6 Å². The molecule has 0 aromatic heterocycles. The van der Waals surface area contributed by atoms with E-state index in [2.05, 4.69) is 0 Å². The zero-order chi connectivity index (χ0) is 16.4. The fraction of sp³-hybridized carbons (Fsp3) is 0.211. The third kappa shape index (κ3) is 3.40. The minimum Gasteiger partial charge on any atom is -0.507 e. The maximum Gasteiger partial charge on any atom is 0.336 e. The van der Waals surface area contributed by atoms with E-state index in [0.717, 1.165) is 19.3 Å². The molecule has 1 aliphatic carbocycles. The zero-order valence-corrected chi connectivity index (χ0v) is 13.3. The molecule has 0 amide bonds. The second-order valence-corrected chi connectivity index (χ2v) is 6.19. The largest absolute Gasteiger partial charge is 0.507 e. The van der Waals surface area contributed by atoms with Gasteiger partial charge < -0.3 is 10.2 Å². The number of hydrogen-bond acceptors (Lipinski definition) is 2. The molecule has 0 fully saturated rings. The minimum atomic E-state index is -1.03. The van der Waals surface area contributed by atoms with Crippen LogP contribution in [0, 0.1) is 0 Å². The monoisotopic (exact) mass is 328 g/mol. The van der Waals surface area contributed by atoms with Crippen LogP contribution in [0.1, 0.15) is 35.1 Å². The average Bonchev–Trinajstić information content (AvgIpc) is 2.55. The number of fused-ring (bicyclic) bond motifs is 1. The average molecular weight is 329 g/mol. The van der Waals surface area contributed by atoms with Crippen LogP contribution in [-0.4, -0.2) is 16.2 Å². The Kier molecular flexibility index (Phi) is 4.39. The van der Waals surface area contributed by atoms with Crippen LogP contribution in [0.15, 0.2) is 36.4 Å². The fourth-order valence-electron chi connectivity index (χ4n) is 2.97. The molecule has 0 saturated heterocycles. The summed E-state index contributed by atoms with van der Waals surface area (Å²) in [5.41, 5.74) is 3.72. The summed E-state index contributed by atoms with van der Waals surface area (Å²) in [6.07, 6.45) is 5.82. The van der Waals surface area contributed by atoms with Crippen LogP contribution in [0.25, 0.3) is 11.6 Å². The zero-order valence-electron chi connectivity index (χ0n) is 12.6. The van der Waals surface area contributed by atoms with Gasteiger partial charge >= 0.3 is 5.97 Å². The van der Waals surface area contributed by atoms with Crippen LogP contribution in [0.4, 0.5) is 0 Å². The van der Waals surface area contributed by atoms with Crippen LogP contribution in [-0.2, 0) is 17.6 Å². The van der Waals surface area contributed by atoms with Crippen LogP contribution >= 0.6 is 11.6 Å². The normalized spacial score (nSPS) is 14.4. The lowest BCUT2D eigenvalue weighted by Crippen LogP contribution is -2.05. The Morgan fingerprint density at radius 1 is 1.04 bits per heavy atom. The highest BCUT2D eigenvalue weighted by atomic mass is 35.5. The van der Waals surface area contributed by atoms with Gasteiger partial charge in [-0.2, -0.15) is 0 Å². The number of phenols is 1. The lowest BCUT2D eigenvalue weighted by molar-refractivity contribution is -0.130. The smallest absolute Gasteiger partial charge is 0.336 e. The molecule has 0 heterocycles. The second kappa shape index (κ2) is 6.47. The van der Waals surface area contributed by atoms with Gasteiger partial charge in [-0.1, -0.05) is 29.8 Å². The van der Waals surface area contributed by atoms with Crippen molar-refractivity contribution in [1.82, 2.24) is 0 Å². The molecule has 0 saturated carbocycles. The van der Waals surface area contributed by atoms with Gasteiger partial charge in [-0.3, -0.25) is 0 Å². The SMILES string of the molecule is O=C(O)/C(=C\c1cc(Cl)ccc1O)c1ccc2c(c1)CCCC2. The number of benzene rings is 2. The Labute approximate surface area is 139 Å². The molecule has 0 bridgehead atoms. The number of aliphatic carboxylic acids is 1. The first-order valence-electron chi connectivity index (χ1n) is 7.60. The Hall–Kier alpha value is -2.26. The van der Waals surface area contributed by atoms with Crippen molar-refractivity contribution in [3.8, 4) is 5.75 Å². The summed E-state index contributed by atoms with van der Waals surface area (Å²) >= 11 is 5.93. The van der Waals surface area contributed by atoms with E-state index in [1.54, 1.807) is 12.1 Å². The Balaban J connectivity index is 2.07. The Morgan fingerprint density at radius 2 is 1.78 bits per heavy atom. The van der Waals surface area contributed by atoms with E-state index in [1.165, 1.54) is 29.7 Å². The summed E-state index contributed by atoms with van der Waals surface area (Å²) in [5.74, 6) is -1.02. The van der Waals surface area contributed by atoms with Crippen molar-refractivity contribution in [3.05, 3.63) is 63.7 Å². The van der Waals surface area contributed by atoms with Gasteiger partial charge in [0.1, 0.15) is 5.75 Å². The molecule has 4 heteroatoms. The Morgan fingerprint density at radius 3 is 2.52 bits per heavy atom. The van der Waals surface area contributed by atoms with E-state index in [9.17, 15) is 15.0 Å². The second-order valence-electron chi connectivity index (χ2n) is 5.76. The number of carboxylic acids is 1. The highest BCUT2D eigenvalue weighted by Gasteiger charge is 2.15. The van der Waals surface area contributed by atoms with Crippen molar-refractivity contribution in [2.75, 3.05) is 0 Å². The third-order valence-corrected chi connectivity index (χ3v) is 4.41. The van der Waals surface area contributed by atoms with Gasteiger partial charge in [-0.15, -0.1) is 0 Å². The molecule has 0 spiro atoms. The van der Waals surface area contributed by atoms with E-state index < -0.39 is 5.97 Å². The van der Waals surface area contributed by atoms with E-state index in [-0.39, 0.29) is 11.3 Å². The van der Waals surface area contributed by atoms with Gasteiger partial charge in [-0.25, -0.2) is 4.79 Å². The van der Waals surface area contributed by atoms with E-state index in [1.807, 2.05) is 18.2 Å². The van der Waals surface area contributed by atoms with E-state index in [0.29, 0.717) is 16.1 Å². The molecule has 0 aliphatic heterocycles. The molecule has 2 aromatic carbocycles. The number of aromatic hydroxyl groups is 1. The molecule has 0 atom stereocenters. The first-order valence-corrected chi connectivity index (χ1v) is 7.98. The van der Waals surface area contributed by atoms with Crippen LogP contribution in [0.3, 0.4) is 0 Å². The molecular formula is C19H17ClO3. The predicted octanol–water partition coefficient (Wildman–Crippen LogP) is 4.55. The topological polar surface area (TPSA) is 57.5 Å². The summed E-state index contributed by atoms with van der Waals surface area (Å²) < 4.78 is 0. The van der Waals surface area contributed by atoms with Gasteiger partial charge in [0, 0.05) is 10.6 Å². The van der Waals surface area contributed by atoms with Gasteiger partial charge in [0.15, 0.2) is 0 Å². The van der Waals surface area contributed by atoms with Crippen molar-refractivity contribution in [3.63, 3.8) is 0 Å². The number of hydrogen-bond donors (Lipinski definition) is 2. The lowest BCUT2D eigenvalue weighted by atomic mass is 9.88. The van der Waals surface area contributed by atoms with Crippen molar-refractivity contribution in [2.45, 2.75) is 25.7 Å². The van der Waals surface area contributed by atoms with Crippen molar-refractivity contribution in [1.29, 1.82) is 0 Å². The molecule has 3 rings (SSSR count). The van der Waals surface area contributed by atoms with Crippen molar-refractivity contribution in [2.24, 2.45) is 0 Å². The maximum atomic E-state index is 11.7. The summed E-state index contributed by atoms with van der Waals surface area (Å²) in [5, 5.41) is 19.9. The standard InChI is InChI=1S/C19H17ClO3/c20-16-7-8-18(21)15(10-16)11-17(19(22)23)14-6-5-12-3-1-2-4-13(12)9-14/h5-11,21H,1-4H2,(H,22,23)/b17-11-. The third-order valence-electron chi connectivity index (χ3n) is 4.18. The number of halogens is 1. The van der Waals surface area contributed by atoms with Crippen molar-refractivity contribution < 1.29 is 15.0 Å². The van der Waals surface area contributed by atoms with Crippen LogP contribution in [0.2, 0.25) is 5.02 Å². The van der Waals surface area contributed by atoms with Crippen molar-refractivity contribution >= 4 is 29.2 Å². The molecule has 2 aromatic rings. The molecule has 3 nitrogen and oxygen atoms in total. The van der Waals surface area contributed by atoms with Crippen LogP contribution < -0.4 is 0 Å². The summed E-state index contributed by atoms with van der Waals surface area (Å²) in [4.78, 5) is 11.7. The van der Waals surface area contributed by atoms with Gasteiger partial charge in [0.05, 0.1) is 5.57 Å². The molecule has 0 radical (unpaired) electrons. The van der Waals surface area contributed by atoms with E-state index >= 15 is 0 Å². The molecule has 1 aliphatic rings. The lowest BCUT2D eigenvalue weighted by Gasteiger charge is -2.17. The first-order chi connectivity index (χ1) is 11.0. The number of rotatable bonds is 3. The number of aryl methyl sites for hydroxylation is 2. The molecule has 23 heavy (non-hydrogen) atoms. The summed E-state index contributed by atoms with van der Waals surface area (Å²) in [6.45, 7) is 0. The van der Waals surface area contributed by atoms with E-state index in [4.69, 9.17) is 11.6 Å². The molecular weight excluding hydrogens is 312 g/mol. The first kappa shape index (κ1) is 15.6. The quantitative estimate of drug-likeness (QED) is 0.642.